The van der Waals surface area contributed by atoms with Gasteiger partial charge in [-0.25, -0.2) is 0 Å². The van der Waals surface area contributed by atoms with Crippen molar-refractivity contribution in [2.45, 2.75) is 71.4 Å². The van der Waals surface area contributed by atoms with Crippen LogP contribution in [0.1, 0.15) is 59.3 Å². The third-order valence-electron chi connectivity index (χ3n) is 5.41. The van der Waals surface area contributed by atoms with E-state index < -0.39 is 0 Å². The van der Waals surface area contributed by atoms with E-state index in [0.29, 0.717) is 13.3 Å². The summed E-state index contributed by atoms with van der Waals surface area (Å²) in [6.45, 7) is 9.16. The molecule has 2 atom stereocenters. The summed E-state index contributed by atoms with van der Waals surface area (Å²) in [7, 11) is 0. The number of carbonyl (C=O) groups is 1. The number of carbonyl (C=O) groups excluding carboxylic acids is 1. The molecule has 134 valence electrons. The van der Waals surface area contributed by atoms with Crippen LogP contribution in [0.2, 0.25) is 0 Å². The molecule has 5 nitrogen and oxygen atoms in total. The molecule has 3 N–H and O–H groups in total. The fourth-order valence-corrected chi connectivity index (χ4v) is 3.12. The molecule has 1 unspecified atom stereocenters. The van der Waals surface area contributed by atoms with Crippen LogP contribution in [0.5, 0.6) is 0 Å². The summed E-state index contributed by atoms with van der Waals surface area (Å²) in [4.78, 5) is 14.5. The van der Waals surface area contributed by atoms with E-state index >= 15 is 0 Å². The summed E-state index contributed by atoms with van der Waals surface area (Å²) in [6, 6.07) is -0.0119. The fourth-order valence-electron chi connectivity index (χ4n) is 3.12. The zero-order chi connectivity index (χ0) is 16.9. The summed E-state index contributed by atoms with van der Waals surface area (Å²) in [5.74, 6) is 1.02. The van der Waals surface area contributed by atoms with Crippen molar-refractivity contribution >= 4 is 5.91 Å². The molecule has 1 amide bonds. The Morgan fingerprint density at radius 1 is 1.30 bits per heavy atom. The number of hydrogen-bond donors (Lipinski definition) is 2. The molecule has 23 heavy (non-hydrogen) atoms. The van der Waals surface area contributed by atoms with E-state index in [9.17, 15) is 4.79 Å². The Morgan fingerprint density at radius 3 is 2.65 bits per heavy atom. The molecule has 1 heterocycles. The van der Waals surface area contributed by atoms with Crippen molar-refractivity contribution in [3.63, 3.8) is 0 Å². The van der Waals surface area contributed by atoms with Crippen LogP contribution < -0.4 is 11.1 Å². The minimum atomic E-state index is -0.0257. The number of nitrogens with zero attached hydrogens (tertiary/aromatic N) is 1. The minimum Gasteiger partial charge on any atom is -0.364 e. The monoisotopic (exact) mass is 325 g/mol. The number of likely N-dealkylation sites (tertiary alicyclic amines) is 1. The smallest absolute Gasteiger partial charge is 0.237 e. The van der Waals surface area contributed by atoms with Gasteiger partial charge in [-0.05, 0) is 30.6 Å². The van der Waals surface area contributed by atoms with Crippen molar-refractivity contribution in [3.05, 3.63) is 0 Å². The van der Waals surface area contributed by atoms with E-state index in [0.717, 1.165) is 38.3 Å². The molecule has 0 aromatic rings. The van der Waals surface area contributed by atoms with Crippen LogP contribution in [-0.2, 0) is 9.53 Å². The number of nitrogens with two attached hydrogens (primary N) is 1. The second-order valence-electron chi connectivity index (χ2n) is 8.32. The Labute approximate surface area is 141 Å². The van der Waals surface area contributed by atoms with Gasteiger partial charge >= 0.3 is 0 Å². The SMILES string of the molecule is CC(C)(C)C(N)COCN1CCC[C@H]1C(=O)NCCC1CCC1. The molecule has 2 rings (SSSR count). The van der Waals surface area contributed by atoms with Gasteiger partial charge in [-0.1, -0.05) is 40.0 Å². The van der Waals surface area contributed by atoms with Crippen molar-refractivity contribution in [2.24, 2.45) is 17.1 Å². The van der Waals surface area contributed by atoms with Crippen LogP contribution in [0.15, 0.2) is 0 Å². The maximum Gasteiger partial charge on any atom is 0.237 e. The lowest BCUT2D eigenvalue weighted by Gasteiger charge is -2.29. The van der Waals surface area contributed by atoms with Crippen molar-refractivity contribution in [1.29, 1.82) is 0 Å². The van der Waals surface area contributed by atoms with Crippen molar-refractivity contribution in [1.82, 2.24) is 10.2 Å². The molecule has 5 heteroatoms. The highest BCUT2D eigenvalue weighted by Gasteiger charge is 2.31. The van der Waals surface area contributed by atoms with E-state index in [1.165, 1.54) is 19.3 Å². The maximum absolute atomic E-state index is 12.4. The zero-order valence-corrected chi connectivity index (χ0v) is 15.1. The largest absolute Gasteiger partial charge is 0.364 e. The average Bonchev–Trinajstić information content (AvgIpc) is 2.88. The maximum atomic E-state index is 12.4. The predicted octanol–water partition coefficient (Wildman–Crippen LogP) is 2.10. The van der Waals surface area contributed by atoms with Crippen LogP contribution in [0.25, 0.3) is 0 Å². The van der Waals surface area contributed by atoms with Gasteiger partial charge in [-0.3, -0.25) is 9.69 Å². The van der Waals surface area contributed by atoms with Gasteiger partial charge in [-0.15, -0.1) is 0 Å². The summed E-state index contributed by atoms with van der Waals surface area (Å²) < 4.78 is 5.78. The van der Waals surface area contributed by atoms with Crippen LogP contribution in [0, 0.1) is 11.3 Å². The van der Waals surface area contributed by atoms with E-state index in [-0.39, 0.29) is 23.4 Å². The molecule has 0 radical (unpaired) electrons. The summed E-state index contributed by atoms with van der Waals surface area (Å²) in [6.07, 6.45) is 7.18. The molecular formula is C18H35N3O2. The zero-order valence-electron chi connectivity index (χ0n) is 15.1. The Bertz CT molecular complexity index is 377. The van der Waals surface area contributed by atoms with Gasteiger partial charge < -0.3 is 15.8 Å². The van der Waals surface area contributed by atoms with Gasteiger partial charge in [0.25, 0.3) is 0 Å². The van der Waals surface area contributed by atoms with Crippen LogP contribution in [0.3, 0.4) is 0 Å². The lowest BCUT2D eigenvalue weighted by molar-refractivity contribution is -0.127. The first kappa shape index (κ1) is 18.7. The van der Waals surface area contributed by atoms with Gasteiger partial charge in [0.1, 0.15) is 0 Å². The third kappa shape index (κ3) is 5.73. The topological polar surface area (TPSA) is 67.6 Å². The Morgan fingerprint density at radius 2 is 2.04 bits per heavy atom. The molecule has 0 spiro atoms. The molecule has 2 aliphatic rings. The lowest BCUT2D eigenvalue weighted by Crippen LogP contribution is -2.46. The molecule has 1 saturated heterocycles. The number of nitrogens with one attached hydrogen (secondary N) is 1. The standard InChI is InChI=1S/C18H35N3O2/c1-18(2,3)16(19)12-23-13-21-11-5-8-15(21)17(22)20-10-9-14-6-4-7-14/h14-16H,4-13,19H2,1-3H3,(H,20,22)/t15-,16?/m0/s1. The van der Waals surface area contributed by atoms with E-state index in [1.54, 1.807) is 0 Å². The first-order valence-electron chi connectivity index (χ1n) is 9.23. The predicted molar refractivity (Wildman–Crippen MR) is 92.9 cm³/mol. The number of amides is 1. The van der Waals surface area contributed by atoms with Crippen molar-refractivity contribution < 1.29 is 9.53 Å². The summed E-state index contributed by atoms with van der Waals surface area (Å²) in [5, 5.41) is 3.12. The molecule has 1 aliphatic heterocycles. The van der Waals surface area contributed by atoms with Gasteiger partial charge in [-0.2, -0.15) is 0 Å². The third-order valence-corrected chi connectivity index (χ3v) is 5.41. The highest BCUT2D eigenvalue weighted by Crippen LogP contribution is 2.28. The van der Waals surface area contributed by atoms with Gasteiger partial charge in [0.2, 0.25) is 5.91 Å². The first-order chi connectivity index (χ1) is 10.9. The van der Waals surface area contributed by atoms with Crippen molar-refractivity contribution in [3.8, 4) is 0 Å². The average molecular weight is 325 g/mol. The number of hydrogen-bond acceptors (Lipinski definition) is 4. The Kier molecular flexibility index (Phi) is 6.86. The van der Waals surface area contributed by atoms with Gasteiger partial charge in [0, 0.05) is 19.1 Å². The van der Waals surface area contributed by atoms with Crippen LogP contribution in [-0.4, -0.2) is 49.3 Å². The molecule has 1 saturated carbocycles. The molecular weight excluding hydrogens is 290 g/mol. The van der Waals surface area contributed by atoms with Crippen LogP contribution in [0.4, 0.5) is 0 Å². The second-order valence-corrected chi connectivity index (χ2v) is 8.32. The van der Waals surface area contributed by atoms with E-state index in [1.807, 2.05) is 0 Å². The fraction of sp³-hybridized carbons (Fsp3) is 0.944. The van der Waals surface area contributed by atoms with Crippen molar-refractivity contribution in [2.75, 3.05) is 26.4 Å². The van der Waals surface area contributed by atoms with Crippen LogP contribution >= 0.6 is 0 Å². The van der Waals surface area contributed by atoms with E-state index in [4.69, 9.17) is 10.5 Å². The number of ether oxygens (including phenoxy) is 1. The highest BCUT2D eigenvalue weighted by atomic mass is 16.5. The van der Waals surface area contributed by atoms with Gasteiger partial charge in [0.15, 0.2) is 0 Å². The normalized spacial score (nSPS) is 24.4. The summed E-state index contributed by atoms with van der Waals surface area (Å²) in [5.41, 5.74) is 6.16. The minimum absolute atomic E-state index is 0.0138. The second kappa shape index (κ2) is 8.45. The Hall–Kier alpha value is -0.650. The summed E-state index contributed by atoms with van der Waals surface area (Å²) >= 11 is 0. The molecule has 1 aliphatic carbocycles. The lowest BCUT2D eigenvalue weighted by atomic mass is 9.83. The Balaban J connectivity index is 1.66. The first-order valence-corrected chi connectivity index (χ1v) is 9.23. The number of rotatable bonds is 8. The highest BCUT2D eigenvalue weighted by molar-refractivity contribution is 5.81. The molecule has 2 fully saturated rings. The molecule has 0 aromatic heterocycles. The van der Waals surface area contributed by atoms with E-state index in [2.05, 4.69) is 31.0 Å². The van der Waals surface area contributed by atoms with Gasteiger partial charge in [0.05, 0.1) is 19.4 Å². The molecule has 0 aromatic carbocycles. The quantitative estimate of drug-likeness (QED) is 0.717. The molecule has 0 bridgehead atoms.